The second kappa shape index (κ2) is 6.80. The van der Waals surface area contributed by atoms with Crippen LogP contribution < -0.4 is 15.4 Å². The maximum absolute atomic E-state index is 13.6. The number of hydrogen-bond acceptors (Lipinski definition) is 3. The van der Waals surface area contributed by atoms with Crippen LogP contribution in [0.3, 0.4) is 0 Å². The first-order valence-corrected chi connectivity index (χ1v) is 6.61. The van der Waals surface area contributed by atoms with E-state index >= 15 is 0 Å². The molecule has 0 atom stereocenters. The highest BCUT2D eigenvalue weighted by molar-refractivity contribution is 5.51. The Morgan fingerprint density at radius 2 is 1.80 bits per heavy atom. The molecule has 4 heteroatoms. The molecule has 106 valence electrons. The molecule has 0 aliphatic heterocycles. The molecule has 0 aromatic heterocycles. The van der Waals surface area contributed by atoms with Crippen molar-refractivity contribution in [2.24, 2.45) is 0 Å². The Kier molecular flexibility index (Phi) is 4.82. The lowest BCUT2D eigenvalue weighted by atomic mass is 10.2. The van der Waals surface area contributed by atoms with Gasteiger partial charge in [0.2, 0.25) is 0 Å². The Balaban J connectivity index is 1.79. The fourth-order valence-electron chi connectivity index (χ4n) is 1.98. The molecule has 0 fully saturated rings. The van der Waals surface area contributed by atoms with Gasteiger partial charge in [-0.1, -0.05) is 24.3 Å². The highest BCUT2D eigenvalue weighted by Gasteiger charge is 2.06. The minimum absolute atomic E-state index is 0.205. The number of hydrogen-bond donors (Lipinski definition) is 1. The molecular weight excluding hydrogens is 255 g/mol. The van der Waals surface area contributed by atoms with Crippen molar-refractivity contribution in [2.45, 2.75) is 6.42 Å². The van der Waals surface area contributed by atoms with Gasteiger partial charge in [0.25, 0.3) is 0 Å². The van der Waals surface area contributed by atoms with Crippen molar-refractivity contribution in [3.05, 3.63) is 54.3 Å². The van der Waals surface area contributed by atoms with Crippen molar-refractivity contribution in [1.82, 2.24) is 0 Å². The number of nitrogens with two attached hydrogens (primary N) is 1. The minimum atomic E-state index is -0.205. The summed E-state index contributed by atoms with van der Waals surface area (Å²) in [6.07, 6.45) is 0.791. The number of rotatable bonds is 6. The maximum Gasteiger partial charge on any atom is 0.146 e. The minimum Gasteiger partial charge on any atom is -0.491 e. The highest BCUT2D eigenvalue weighted by Crippen LogP contribution is 2.20. The van der Waals surface area contributed by atoms with E-state index in [9.17, 15) is 4.39 Å². The number of benzene rings is 2. The van der Waals surface area contributed by atoms with E-state index in [0.29, 0.717) is 30.3 Å². The summed E-state index contributed by atoms with van der Waals surface area (Å²) in [4.78, 5) is 1.88. The van der Waals surface area contributed by atoms with E-state index in [1.54, 1.807) is 18.2 Å². The van der Waals surface area contributed by atoms with Crippen LogP contribution in [0.2, 0.25) is 0 Å². The van der Waals surface area contributed by atoms with Crippen molar-refractivity contribution in [1.29, 1.82) is 0 Å². The Hall–Kier alpha value is -2.23. The van der Waals surface area contributed by atoms with Gasteiger partial charge in [0.15, 0.2) is 0 Å². The molecule has 0 spiro atoms. The van der Waals surface area contributed by atoms with E-state index < -0.39 is 0 Å². The average molecular weight is 274 g/mol. The molecule has 0 aliphatic carbocycles. The van der Waals surface area contributed by atoms with Crippen molar-refractivity contribution >= 4 is 11.4 Å². The Labute approximate surface area is 118 Å². The van der Waals surface area contributed by atoms with E-state index in [1.807, 2.05) is 36.2 Å². The zero-order valence-electron chi connectivity index (χ0n) is 11.6. The topological polar surface area (TPSA) is 38.5 Å². The third-order valence-electron chi connectivity index (χ3n) is 3.08. The number of para-hydroxylation sites is 3. The van der Waals surface area contributed by atoms with Gasteiger partial charge < -0.3 is 15.4 Å². The molecule has 0 heterocycles. The van der Waals surface area contributed by atoms with Crippen molar-refractivity contribution < 1.29 is 9.13 Å². The predicted octanol–water partition coefficient (Wildman–Crippen LogP) is 3.31. The quantitative estimate of drug-likeness (QED) is 0.648. The van der Waals surface area contributed by atoms with Gasteiger partial charge in [-0.3, -0.25) is 0 Å². The van der Waals surface area contributed by atoms with Crippen LogP contribution >= 0.6 is 0 Å². The van der Waals surface area contributed by atoms with Crippen LogP contribution in [0.1, 0.15) is 6.42 Å². The van der Waals surface area contributed by atoms with Gasteiger partial charge in [-0.2, -0.15) is 0 Å². The summed E-state index contributed by atoms with van der Waals surface area (Å²) in [6.45, 7) is 1.26. The second-order valence-corrected chi connectivity index (χ2v) is 4.61. The van der Waals surface area contributed by atoms with Crippen molar-refractivity contribution in [3.8, 4) is 5.75 Å². The number of nitrogens with zero attached hydrogens (tertiary/aromatic N) is 1. The number of ether oxygens (including phenoxy) is 1. The van der Waals surface area contributed by atoms with Crippen LogP contribution in [0.4, 0.5) is 15.8 Å². The van der Waals surface area contributed by atoms with Crippen molar-refractivity contribution in [3.63, 3.8) is 0 Å². The third kappa shape index (κ3) is 3.63. The molecular formula is C16H19FN2O. The molecule has 0 amide bonds. The normalized spacial score (nSPS) is 10.3. The van der Waals surface area contributed by atoms with Gasteiger partial charge >= 0.3 is 0 Å². The smallest absolute Gasteiger partial charge is 0.146 e. The summed E-state index contributed by atoms with van der Waals surface area (Å²) >= 11 is 0. The molecule has 0 saturated heterocycles. The Bertz CT molecular complexity index is 560. The van der Waals surface area contributed by atoms with Gasteiger partial charge in [-0.05, 0) is 30.7 Å². The van der Waals surface area contributed by atoms with Crippen molar-refractivity contribution in [2.75, 3.05) is 30.8 Å². The van der Waals surface area contributed by atoms with Gasteiger partial charge in [0.05, 0.1) is 18.0 Å². The molecule has 0 saturated carbocycles. The number of anilines is 2. The fraction of sp³-hybridized carbons (Fsp3) is 0.250. The van der Waals surface area contributed by atoms with E-state index in [-0.39, 0.29) is 5.82 Å². The summed E-state index contributed by atoms with van der Waals surface area (Å²) in [5.74, 6) is 0.490. The lowest BCUT2D eigenvalue weighted by Gasteiger charge is -2.20. The largest absolute Gasteiger partial charge is 0.491 e. The molecule has 3 nitrogen and oxygen atoms in total. The molecule has 2 aromatic carbocycles. The van der Waals surface area contributed by atoms with Gasteiger partial charge in [0.1, 0.15) is 11.6 Å². The van der Waals surface area contributed by atoms with Gasteiger partial charge in [-0.15, -0.1) is 0 Å². The molecule has 0 unspecified atom stereocenters. The lowest BCUT2D eigenvalue weighted by molar-refractivity contribution is 0.314. The van der Waals surface area contributed by atoms with Gasteiger partial charge in [0, 0.05) is 13.6 Å². The Morgan fingerprint density at radius 1 is 1.10 bits per heavy atom. The van der Waals surface area contributed by atoms with E-state index in [4.69, 9.17) is 10.5 Å². The van der Waals surface area contributed by atoms with Crippen LogP contribution in [0.25, 0.3) is 0 Å². The SMILES string of the molecule is CN(CCCOc1ccccc1N)c1ccccc1F. The van der Waals surface area contributed by atoms with E-state index in [0.717, 1.165) is 6.42 Å². The number of nitrogen functional groups attached to an aromatic ring is 1. The molecule has 0 radical (unpaired) electrons. The summed E-state index contributed by atoms with van der Waals surface area (Å²) in [7, 11) is 1.87. The standard InChI is InChI=1S/C16H19FN2O/c1-19(15-9-4-2-7-13(15)17)11-6-12-20-16-10-5-3-8-14(16)18/h2-5,7-10H,6,11-12,18H2,1H3. The van der Waals surface area contributed by atoms with Crippen LogP contribution in [0.15, 0.2) is 48.5 Å². The van der Waals surface area contributed by atoms with E-state index in [1.165, 1.54) is 6.07 Å². The fourth-order valence-corrected chi connectivity index (χ4v) is 1.98. The zero-order chi connectivity index (χ0) is 14.4. The molecule has 2 rings (SSSR count). The summed E-state index contributed by atoms with van der Waals surface area (Å²) in [5, 5.41) is 0. The highest BCUT2D eigenvalue weighted by atomic mass is 19.1. The lowest BCUT2D eigenvalue weighted by Crippen LogP contribution is -2.21. The number of halogens is 1. The zero-order valence-corrected chi connectivity index (χ0v) is 11.6. The summed E-state index contributed by atoms with van der Waals surface area (Å²) in [5.41, 5.74) is 7.03. The van der Waals surface area contributed by atoms with E-state index in [2.05, 4.69) is 0 Å². The molecule has 2 N–H and O–H groups in total. The van der Waals surface area contributed by atoms with Gasteiger partial charge in [-0.25, -0.2) is 4.39 Å². The first-order chi connectivity index (χ1) is 9.68. The molecule has 0 aliphatic rings. The summed E-state index contributed by atoms with van der Waals surface area (Å²) in [6, 6.07) is 14.2. The molecule has 2 aromatic rings. The first-order valence-electron chi connectivity index (χ1n) is 6.61. The first kappa shape index (κ1) is 14.2. The van der Waals surface area contributed by atoms with Crippen LogP contribution in [-0.2, 0) is 0 Å². The van der Waals surface area contributed by atoms with Crippen LogP contribution in [0.5, 0.6) is 5.75 Å². The maximum atomic E-state index is 13.6. The van der Waals surface area contributed by atoms with Crippen LogP contribution in [0, 0.1) is 5.82 Å². The average Bonchev–Trinajstić information content (AvgIpc) is 2.45. The summed E-state index contributed by atoms with van der Waals surface area (Å²) < 4.78 is 19.2. The molecule has 0 bridgehead atoms. The molecule has 20 heavy (non-hydrogen) atoms. The Morgan fingerprint density at radius 3 is 2.55 bits per heavy atom. The monoisotopic (exact) mass is 274 g/mol. The van der Waals surface area contributed by atoms with Crippen LogP contribution in [-0.4, -0.2) is 20.2 Å². The second-order valence-electron chi connectivity index (χ2n) is 4.61. The predicted molar refractivity (Wildman–Crippen MR) is 80.6 cm³/mol. The third-order valence-corrected chi connectivity index (χ3v) is 3.08.